The quantitative estimate of drug-likeness (QED) is 0.928. The van der Waals surface area contributed by atoms with Crippen LogP contribution in [0.25, 0.3) is 0 Å². The Morgan fingerprint density at radius 2 is 1.67 bits per heavy atom. The van der Waals surface area contributed by atoms with E-state index in [2.05, 4.69) is 0 Å². The molecule has 0 amide bonds. The van der Waals surface area contributed by atoms with E-state index in [4.69, 9.17) is 9.84 Å². The summed E-state index contributed by atoms with van der Waals surface area (Å²) in [5.74, 6) is -0.843. The van der Waals surface area contributed by atoms with Gasteiger partial charge in [-0.15, -0.1) is 0 Å². The van der Waals surface area contributed by atoms with Crippen molar-refractivity contribution in [3.8, 4) is 5.75 Å². The molecular weight excluding hydrogens is 285 g/mol. The van der Waals surface area contributed by atoms with Crippen molar-refractivity contribution in [2.75, 3.05) is 0 Å². The fourth-order valence-corrected chi connectivity index (χ4v) is 1.76. The lowest BCUT2D eigenvalue weighted by Crippen LogP contribution is -2.06. The van der Waals surface area contributed by atoms with Crippen molar-refractivity contribution < 1.29 is 27.8 Å². The van der Waals surface area contributed by atoms with E-state index in [1.807, 2.05) is 0 Å². The molecule has 0 aliphatic heterocycles. The lowest BCUT2D eigenvalue weighted by Gasteiger charge is -2.10. The van der Waals surface area contributed by atoms with Crippen LogP contribution in [0.1, 0.15) is 21.5 Å². The first kappa shape index (κ1) is 14.9. The maximum Gasteiger partial charge on any atom is 0.416 e. The molecule has 0 bridgehead atoms. The molecule has 6 heteroatoms. The van der Waals surface area contributed by atoms with Gasteiger partial charge in [-0.05, 0) is 30.3 Å². The maximum atomic E-state index is 12.4. The minimum Gasteiger partial charge on any atom is -0.489 e. The van der Waals surface area contributed by atoms with Gasteiger partial charge in [0.05, 0.1) is 11.1 Å². The Balaban J connectivity index is 2.09. The van der Waals surface area contributed by atoms with Crippen molar-refractivity contribution in [3.63, 3.8) is 0 Å². The highest BCUT2D eigenvalue weighted by atomic mass is 19.4. The third kappa shape index (κ3) is 3.75. The van der Waals surface area contributed by atoms with Gasteiger partial charge in [-0.3, -0.25) is 0 Å². The molecule has 0 saturated carbocycles. The highest BCUT2D eigenvalue weighted by Crippen LogP contribution is 2.30. The number of hydrogen-bond acceptors (Lipinski definition) is 2. The van der Waals surface area contributed by atoms with Crippen molar-refractivity contribution in [2.24, 2.45) is 0 Å². The van der Waals surface area contributed by atoms with Crippen LogP contribution in [0.2, 0.25) is 0 Å². The standard InChI is InChI=1S/C15H11F3O3/c16-15(17,18)11-5-7-12(8-6-11)21-9-10-3-1-2-4-13(10)14(19)20/h1-8H,9H2,(H,19,20). The molecule has 0 unspecified atom stereocenters. The summed E-state index contributed by atoms with van der Waals surface area (Å²) < 4.78 is 42.5. The Hall–Kier alpha value is -2.50. The molecule has 0 aromatic heterocycles. The van der Waals surface area contributed by atoms with Crippen LogP contribution < -0.4 is 4.74 Å². The van der Waals surface area contributed by atoms with Gasteiger partial charge in [-0.1, -0.05) is 18.2 Å². The first-order valence-electron chi connectivity index (χ1n) is 5.99. The summed E-state index contributed by atoms with van der Waals surface area (Å²) in [6.45, 7) is -0.0339. The Kier molecular flexibility index (Phi) is 4.16. The molecule has 0 fully saturated rings. The number of carbonyl (C=O) groups is 1. The SMILES string of the molecule is O=C(O)c1ccccc1COc1ccc(C(F)(F)F)cc1. The number of halogens is 3. The smallest absolute Gasteiger partial charge is 0.416 e. The predicted molar refractivity (Wildman–Crippen MR) is 69.2 cm³/mol. The minimum absolute atomic E-state index is 0.0339. The van der Waals surface area contributed by atoms with Crippen LogP contribution in [0, 0.1) is 0 Å². The number of carboxylic acids is 1. The topological polar surface area (TPSA) is 46.5 Å². The zero-order valence-corrected chi connectivity index (χ0v) is 10.7. The van der Waals surface area contributed by atoms with Crippen molar-refractivity contribution in [2.45, 2.75) is 12.8 Å². The van der Waals surface area contributed by atoms with Gasteiger partial charge >= 0.3 is 12.1 Å². The Labute approximate surface area is 118 Å². The minimum atomic E-state index is -4.39. The van der Waals surface area contributed by atoms with Gasteiger partial charge in [0.2, 0.25) is 0 Å². The molecule has 0 saturated heterocycles. The van der Waals surface area contributed by atoms with E-state index in [1.165, 1.54) is 18.2 Å². The molecule has 0 spiro atoms. The van der Waals surface area contributed by atoms with E-state index in [9.17, 15) is 18.0 Å². The second-order valence-corrected chi connectivity index (χ2v) is 4.27. The highest BCUT2D eigenvalue weighted by Gasteiger charge is 2.30. The monoisotopic (exact) mass is 296 g/mol. The van der Waals surface area contributed by atoms with Gasteiger partial charge in [-0.25, -0.2) is 4.79 Å². The van der Waals surface area contributed by atoms with Gasteiger partial charge in [0, 0.05) is 5.56 Å². The summed E-state index contributed by atoms with van der Waals surface area (Å²) in [6.07, 6.45) is -4.39. The maximum absolute atomic E-state index is 12.4. The number of benzene rings is 2. The van der Waals surface area contributed by atoms with Crippen LogP contribution in [0.5, 0.6) is 5.75 Å². The summed E-state index contributed by atoms with van der Waals surface area (Å²) >= 11 is 0. The molecule has 0 aliphatic carbocycles. The van der Waals surface area contributed by atoms with E-state index >= 15 is 0 Å². The molecule has 2 aromatic carbocycles. The summed E-state index contributed by atoms with van der Waals surface area (Å²) in [5.41, 5.74) is -0.213. The Bertz CT molecular complexity index is 633. The second kappa shape index (κ2) is 5.87. The third-order valence-electron chi connectivity index (χ3n) is 2.82. The number of rotatable bonds is 4. The second-order valence-electron chi connectivity index (χ2n) is 4.27. The summed E-state index contributed by atoms with van der Waals surface area (Å²) in [7, 11) is 0. The number of alkyl halides is 3. The molecule has 21 heavy (non-hydrogen) atoms. The van der Waals surface area contributed by atoms with E-state index < -0.39 is 17.7 Å². The van der Waals surface area contributed by atoms with Crippen molar-refractivity contribution in [1.82, 2.24) is 0 Å². The zero-order chi connectivity index (χ0) is 15.5. The van der Waals surface area contributed by atoms with Crippen LogP contribution in [0.3, 0.4) is 0 Å². The normalized spacial score (nSPS) is 11.2. The van der Waals surface area contributed by atoms with E-state index in [0.717, 1.165) is 12.1 Å². The van der Waals surface area contributed by atoms with Crippen LogP contribution in [0.4, 0.5) is 13.2 Å². The molecule has 3 nitrogen and oxygen atoms in total. The van der Waals surface area contributed by atoms with Gasteiger partial charge in [0.25, 0.3) is 0 Å². The summed E-state index contributed by atoms with van der Waals surface area (Å²) in [4.78, 5) is 11.0. The number of aromatic carboxylic acids is 1. The van der Waals surface area contributed by atoms with Crippen LogP contribution in [-0.2, 0) is 12.8 Å². The number of hydrogen-bond donors (Lipinski definition) is 1. The lowest BCUT2D eigenvalue weighted by atomic mass is 10.1. The van der Waals surface area contributed by atoms with Gasteiger partial charge in [0.15, 0.2) is 0 Å². The zero-order valence-electron chi connectivity index (χ0n) is 10.7. The van der Waals surface area contributed by atoms with E-state index in [-0.39, 0.29) is 17.9 Å². The number of carboxylic acid groups (broad SMARTS) is 1. The Morgan fingerprint density at radius 3 is 2.24 bits per heavy atom. The number of ether oxygens (including phenoxy) is 1. The molecule has 110 valence electrons. The summed E-state index contributed by atoms with van der Waals surface area (Å²) in [5, 5.41) is 9.01. The molecule has 2 aromatic rings. The molecule has 0 radical (unpaired) electrons. The van der Waals surface area contributed by atoms with E-state index in [0.29, 0.717) is 5.56 Å². The average molecular weight is 296 g/mol. The lowest BCUT2D eigenvalue weighted by molar-refractivity contribution is -0.137. The van der Waals surface area contributed by atoms with Gasteiger partial charge in [-0.2, -0.15) is 13.2 Å². The average Bonchev–Trinajstić information content (AvgIpc) is 2.45. The highest BCUT2D eigenvalue weighted by molar-refractivity contribution is 5.89. The van der Waals surface area contributed by atoms with Gasteiger partial charge < -0.3 is 9.84 Å². The van der Waals surface area contributed by atoms with Crippen molar-refractivity contribution >= 4 is 5.97 Å². The molecule has 0 atom stereocenters. The fraction of sp³-hybridized carbons (Fsp3) is 0.133. The van der Waals surface area contributed by atoms with Crippen LogP contribution in [0.15, 0.2) is 48.5 Å². The van der Waals surface area contributed by atoms with Crippen molar-refractivity contribution in [3.05, 3.63) is 65.2 Å². The molecule has 1 N–H and O–H groups in total. The summed E-state index contributed by atoms with van der Waals surface area (Å²) in [6, 6.07) is 10.5. The molecular formula is C15H11F3O3. The van der Waals surface area contributed by atoms with E-state index in [1.54, 1.807) is 18.2 Å². The molecule has 0 aliphatic rings. The first-order valence-corrected chi connectivity index (χ1v) is 5.99. The first-order chi connectivity index (χ1) is 9.88. The van der Waals surface area contributed by atoms with Crippen LogP contribution in [-0.4, -0.2) is 11.1 Å². The third-order valence-corrected chi connectivity index (χ3v) is 2.82. The fourth-order valence-electron chi connectivity index (χ4n) is 1.76. The largest absolute Gasteiger partial charge is 0.489 e. The Morgan fingerprint density at radius 1 is 1.05 bits per heavy atom. The van der Waals surface area contributed by atoms with Crippen LogP contribution >= 0.6 is 0 Å². The molecule has 2 rings (SSSR count). The van der Waals surface area contributed by atoms with Crippen molar-refractivity contribution in [1.29, 1.82) is 0 Å². The predicted octanol–water partition coefficient (Wildman–Crippen LogP) is 3.98. The molecule has 0 heterocycles. The van der Waals surface area contributed by atoms with Gasteiger partial charge in [0.1, 0.15) is 12.4 Å².